The summed E-state index contributed by atoms with van der Waals surface area (Å²) in [6.07, 6.45) is 4.75. The first kappa shape index (κ1) is 19.2. The Labute approximate surface area is 145 Å². The van der Waals surface area contributed by atoms with Crippen molar-refractivity contribution in [3.63, 3.8) is 0 Å². The number of hydrogen-bond acceptors (Lipinski definition) is 5. The normalized spacial score (nSPS) is 26.8. The Bertz CT molecular complexity index is 443. The van der Waals surface area contributed by atoms with E-state index in [4.69, 9.17) is 14.3 Å². The van der Waals surface area contributed by atoms with Crippen LogP contribution in [0.25, 0.3) is 0 Å². The van der Waals surface area contributed by atoms with Gasteiger partial charge in [-0.15, -0.1) is 0 Å². The lowest BCUT2D eigenvalue weighted by Crippen LogP contribution is -2.54. The molecule has 0 bridgehead atoms. The van der Waals surface area contributed by atoms with Crippen LogP contribution in [0.3, 0.4) is 0 Å². The molecule has 0 N–H and O–H groups in total. The van der Waals surface area contributed by atoms with E-state index in [1.807, 2.05) is 27.7 Å². The van der Waals surface area contributed by atoms with Crippen molar-refractivity contribution in [2.24, 2.45) is 5.92 Å². The van der Waals surface area contributed by atoms with Crippen molar-refractivity contribution in [3.8, 4) is 0 Å². The van der Waals surface area contributed by atoms with Crippen molar-refractivity contribution in [2.75, 3.05) is 19.7 Å². The van der Waals surface area contributed by atoms with Gasteiger partial charge >= 0.3 is 12.1 Å². The van der Waals surface area contributed by atoms with Crippen molar-refractivity contribution < 1.29 is 28.5 Å². The summed E-state index contributed by atoms with van der Waals surface area (Å²) < 4.78 is 10.7. The van der Waals surface area contributed by atoms with E-state index in [0.29, 0.717) is 19.7 Å². The molecule has 0 radical (unpaired) electrons. The van der Waals surface area contributed by atoms with Gasteiger partial charge < -0.3 is 9.47 Å². The van der Waals surface area contributed by atoms with E-state index in [2.05, 4.69) is 0 Å². The summed E-state index contributed by atoms with van der Waals surface area (Å²) in [6, 6.07) is 0. The zero-order valence-electron chi connectivity index (χ0n) is 15.5. The predicted molar refractivity (Wildman–Crippen MR) is 88.9 cm³/mol. The Morgan fingerprint density at radius 1 is 1.04 bits per heavy atom. The fourth-order valence-electron chi connectivity index (χ4n) is 3.47. The second-order valence-corrected chi connectivity index (χ2v) is 7.86. The average Bonchev–Trinajstić information content (AvgIpc) is 2.96. The second kappa shape index (κ2) is 7.83. The fraction of sp³-hybridized carbons (Fsp3) is 0.889. The predicted octanol–water partition coefficient (Wildman–Crippen LogP) is 3.59. The minimum absolute atomic E-state index is 0.00120. The maximum Gasteiger partial charge on any atom is 0.550 e. The van der Waals surface area contributed by atoms with Gasteiger partial charge in [0.25, 0.3) is 0 Å². The lowest BCUT2D eigenvalue weighted by atomic mass is 9.87. The van der Waals surface area contributed by atoms with Gasteiger partial charge in [0.2, 0.25) is 0 Å². The number of esters is 1. The van der Waals surface area contributed by atoms with Crippen molar-refractivity contribution in [1.29, 1.82) is 0 Å². The Hall–Kier alpha value is -1.14. The summed E-state index contributed by atoms with van der Waals surface area (Å²) in [5.41, 5.74) is -0.518. The molecule has 0 atom stereocenters. The Morgan fingerprint density at radius 3 is 2.12 bits per heavy atom. The highest BCUT2D eigenvalue weighted by Gasteiger charge is 2.48. The van der Waals surface area contributed by atoms with Crippen LogP contribution >= 0.6 is 0 Å². The van der Waals surface area contributed by atoms with E-state index >= 15 is 0 Å². The summed E-state index contributed by atoms with van der Waals surface area (Å²) >= 11 is 0. The minimum atomic E-state index is -0.518. The number of amides is 1. The standard InChI is InChI=1S/C18H32NO5/c1-5-22-16(20)14-8-10-15(11-9-14)24-19(12-6-7-13-19)17(21)23-18(2,3)4/h14-15H,5-13H2,1-4H3/q+1. The van der Waals surface area contributed by atoms with Gasteiger partial charge in [-0.05, 0) is 53.4 Å². The fourth-order valence-corrected chi connectivity index (χ4v) is 3.47. The molecule has 0 spiro atoms. The van der Waals surface area contributed by atoms with Crippen LogP contribution in [-0.2, 0) is 19.1 Å². The molecule has 2 rings (SSSR count). The molecule has 1 aliphatic carbocycles. The molecule has 1 aliphatic heterocycles. The number of ether oxygens (including phenoxy) is 2. The number of carbonyl (C=O) groups is 2. The molecule has 0 aromatic heterocycles. The summed E-state index contributed by atoms with van der Waals surface area (Å²) in [7, 11) is 0. The lowest BCUT2D eigenvalue weighted by molar-refractivity contribution is -1.04. The third kappa shape index (κ3) is 4.93. The third-order valence-electron chi connectivity index (χ3n) is 4.66. The molecule has 0 aromatic rings. The Kier molecular flexibility index (Phi) is 6.26. The smallest absolute Gasteiger partial charge is 0.466 e. The first-order valence-corrected chi connectivity index (χ1v) is 9.21. The van der Waals surface area contributed by atoms with E-state index in [1.54, 1.807) is 0 Å². The quantitative estimate of drug-likeness (QED) is 0.577. The maximum absolute atomic E-state index is 12.7. The van der Waals surface area contributed by atoms with Gasteiger partial charge in [0.1, 0.15) is 24.8 Å². The minimum Gasteiger partial charge on any atom is -0.466 e. The zero-order chi connectivity index (χ0) is 17.8. The van der Waals surface area contributed by atoms with Crippen LogP contribution in [0.4, 0.5) is 4.79 Å². The highest BCUT2D eigenvalue weighted by atomic mass is 16.8. The first-order chi connectivity index (χ1) is 11.3. The second-order valence-electron chi connectivity index (χ2n) is 7.86. The first-order valence-electron chi connectivity index (χ1n) is 9.21. The van der Waals surface area contributed by atoms with Crippen molar-refractivity contribution in [2.45, 2.75) is 77.9 Å². The largest absolute Gasteiger partial charge is 0.550 e. The molecule has 24 heavy (non-hydrogen) atoms. The summed E-state index contributed by atoms with van der Waals surface area (Å²) in [4.78, 5) is 30.7. The van der Waals surface area contributed by atoms with E-state index in [0.717, 1.165) is 38.5 Å². The highest BCUT2D eigenvalue weighted by molar-refractivity contribution is 5.72. The molecule has 138 valence electrons. The number of quaternary nitrogens is 1. The number of rotatable bonds is 4. The van der Waals surface area contributed by atoms with E-state index in [-0.39, 0.29) is 28.7 Å². The van der Waals surface area contributed by atoms with Crippen LogP contribution in [0, 0.1) is 5.92 Å². The average molecular weight is 342 g/mol. The van der Waals surface area contributed by atoms with Gasteiger partial charge in [-0.2, -0.15) is 9.63 Å². The molecule has 2 aliphatic rings. The van der Waals surface area contributed by atoms with Gasteiger partial charge in [0.15, 0.2) is 0 Å². The van der Waals surface area contributed by atoms with Crippen molar-refractivity contribution >= 4 is 12.1 Å². The topological polar surface area (TPSA) is 61.8 Å². The molecule has 0 aromatic carbocycles. The van der Waals surface area contributed by atoms with Crippen LogP contribution < -0.4 is 0 Å². The SMILES string of the molecule is CCOC(=O)C1CCC(O[N+]2(C(=O)OC(C)(C)C)CCCC2)CC1. The third-order valence-corrected chi connectivity index (χ3v) is 4.66. The zero-order valence-corrected chi connectivity index (χ0v) is 15.5. The highest BCUT2D eigenvalue weighted by Crippen LogP contribution is 2.32. The number of nitrogens with zero attached hydrogens (tertiary/aromatic N) is 1. The van der Waals surface area contributed by atoms with Gasteiger partial charge in [-0.1, -0.05) is 4.65 Å². The van der Waals surface area contributed by atoms with Crippen LogP contribution in [0.2, 0.25) is 0 Å². The van der Waals surface area contributed by atoms with Crippen molar-refractivity contribution in [3.05, 3.63) is 0 Å². The van der Waals surface area contributed by atoms with Crippen molar-refractivity contribution in [1.82, 2.24) is 0 Å². The van der Waals surface area contributed by atoms with Crippen LogP contribution in [0.5, 0.6) is 0 Å². The maximum atomic E-state index is 12.7. The van der Waals surface area contributed by atoms with Crippen LogP contribution in [0.1, 0.15) is 66.2 Å². The summed E-state index contributed by atoms with van der Waals surface area (Å²) in [6.45, 7) is 9.23. The van der Waals surface area contributed by atoms with E-state index in [1.165, 1.54) is 0 Å². The van der Waals surface area contributed by atoms with Gasteiger partial charge in [0, 0.05) is 12.8 Å². The molecule has 1 heterocycles. The molecule has 0 unspecified atom stereocenters. The number of hydroxylamine groups is 3. The molecule has 2 fully saturated rings. The molecular weight excluding hydrogens is 310 g/mol. The molecule has 1 amide bonds. The molecule has 6 heteroatoms. The van der Waals surface area contributed by atoms with E-state index < -0.39 is 5.60 Å². The monoisotopic (exact) mass is 342 g/mol. The molecule has 6 nitrogen and oxygen atoms in total. The van der Waals surface area contributed by atoms with Gasteiger partial charge in [-0.25, -0.2) is 0 Å². The van der Waals surface area contributed by atoms with Crippen LogP contribution in [-0.4, -0.2) is 48.1 Å². The molecule has 1 saturated carbocycles. The number of likely N-dealkylation sites (tertiary alicyclic amines) is 1. The molecular formula is C18H32NO5+. The van der Waals surface area contributed by atoms with E-state index in [9.17, 15) is 9.59 Å². The number of carbonyl (C=O) groups excluding carboxylic acids is 2. The number of hydrogen-bond donors (Lipinski definition) is 0. The Balaban J connectivity index is 1.93. The Morgan fingerprint density at radius 2 is 1.62 bits per heavy atom. The van der Waals surface area contributed by atoms with Crippen LogP contribution in [0.15, 0.2) is 0 Å². The molecule has 1 saturated heterocycles. The summed E-state index contributed by atoms with van der Waals surface area (Å²) in [5, 5.41) is 0. The summed E-state index contributed by atoms with van der Waals surface area (Å²) in [5.74, 6) is -0.133. The lowest BCUT2D eigenvalue weighted by Gasteiger charge is -2.35. The van der Waals surface area contributed by atoms with Gasteiger partial charge in [-0.3, -0.25) is 4.79 Å². The van der Waals surface area contributed by atoms with Gasteiger partial charge in [0.05, 0.1) is 12.5 Å².